The quantitative estimate of drug-likeness (QED) is 0.0155. The van der Waals surface area contributed by atoms with Gasteiger partial charge in [0.25, 0.3) is 23.6 Å². The van der Waals surface area contributed by atoms with Gasteiger partial charge in [0, 0.05) is 101 Å². The molecule has 32 nitrogen and oxygen atoms in total. The molecule has 2 aromatic carbocycles. The number of aliphatic hydroxyl groups excluding tert-OH is 2. The first-order chi connectivity index (χ1) is 51.5. The van der Waals surface area contributed by atoms with Gasteiger partial charge in [0.15, 0.2) is 23.1 Å². The summed E-state index contributed by atoms with van der Waals surface area (Å²) in [5.74, 6) is -13.9. The highest BCUT2D eigenvalue weighted by Gasteiger charge is 2.49. The molecule has 32 heteroatoms. The Kier molecular flexibility index (Phi) is 37.5. The standard InChI is InChI=1S/C78H110N8O24/c1-75(2,3)107-67(99)45-51(71(101)81-53-27-23-49(47-87)24-28-53)43-59(91)55(19-13-15-37-79-73(103)109-77(7,8)9)83-61(93)35-41-105-39-17-21-57(89)69(85-63(95)31-32-64(85)96)70(86-65(97)33-34-66(86)98)58(90)22-18-40-106-42-36-62(94)84-56(20-14-16-38-80-74(104)110-78(10,11)12)60(92)44-52(46-68(100)108-76(4,5)6)72(102)82-54-29-25-50(48-88)26-30-54/h23-34,51-52,55-56,69-70,87-88H,13-22,35-48H2,1-12H3,(H,79,103)(H,80,104)(H,81,101)(H,82,102)(H,83,93)(H,84,94)/t51-,52-,55-,56-,69?,70?/m0/s1. The maximum Gasteiger partial charge on any atom is 0.407 e. The predicted molar refractivity (Wildman–Crippen MR) is 398 cm³/mol. The van der Waals surface area contributed by atoms with Gasteiger partial charge in [0.05, 0.1) is 63.2 Å². The first-order valence-electron chi connectivity index (χ1n) is 36.9. The molecule has 110 heavy (non-hydrogen) atoms. The molecule has 8 N–H and O–H groups in total. The van der Waals surface area contributed by atoms with E-state index in [0.29, 0.717) is 45.1 Å². The molecule has 0 bridgehead atoms. The molecule has 0 radical (unpaired) electrons. The molecule has 2 aliphatic rings. The minimum Gasteiger partial charge on any atom is -0.460 e. The van der Waals surface area contributed by atoms with E-state index >= 15 is 0 Å². The van der Waals surface area contributed by atoms with Crippen molar-refractivity contribution in [3.8, 4) is 0 Å². The summed E-state index contributed by atoms with van der Waals surface area (Å²) >= 11 is 0. The molecule has 0 aliphatic carbocycles. The third kappa shape index (κ3) is 35.2. The van der Waals surface area contributed by atoms with Crippen molar-refractivity contribution < 1.29 is 115 Å². The fraction of sp³-hybridized carbons (Fsp3) is 0.590. The number of hydrogen-bond acceptors (Lipinski definition) is 24. The smallest absolute Gasteiger partial charge is 0.407 e. The highest BCUT2D eigenvalue weighted by molar-refractivity contribution is 6.19. The van der Waals surface area contributed by atoms with E-state index < -0.39 is 191 Å². The Balaban J connectivity index is 1.44. The van der Waals surface area contributed by atoms with E-state index in [1.54, 1.807) is 107 Å². The van der Waals surface area contributed by atoms with E-state index in [9.17, 15) is 86.9 Å². The van der Waals surface area contributed by atoms with E-state index in [0.717, 1.165) is 24.3 Å². The number of esters is 2. The Morgan fingerprint density at radius 3 is 1.01 bits per heavy atom. The Labute approximate surface area is 641 Å². The van der Waals surface area contributed by atoms with Gasteiger partial charge in [0.1, 0.15) is 34.5 Å². The van der Waals surface area contributed by atoms with Gasteiger partial charge in [0.2, 0.25) is 23.6 Å². The van der Waals surface area contributed by atoms with Gasteiger partial charge >= 0.3 is 24.1 Å². The van der Waals surface area contributed by atoms with Crippen LogP contribution < -0.4 is 31.9 Å². The average Bonchev–Trinajstić information content (AvgIpc) is 1.57. The molecular weight excluding hydrogens is 1430 g/mol. The summed E-state index contributed by atoms with van der Waals surface area (Å²) in [6.07, 6.45) is -0.661. The van der Waals surface area contributed by atoms with E-state index in [1.165, 1.54) is 24.3 Å². The molecule has 0 fully saturated rings. The van der Waals surface area contributed by atoms with Crippen LogP contribution in [-0.4, -0.2) is 201 Å². The molecule has 10 amide bonds. The average molecular weight is 1540 g/mol. The second-order valence-corrected chi connectivity index (χ2v) is 30.6. The van der Waals surface area contributed by atoms with Gasteiger partial charge in [-0.05, 0) is 170 Å². The van der Waals surface area contributed by atoms with Crippen molar-refractivity contribution in [1.82, 2.24) is 31.1 Å². The number of carbonyl (C=O) groups excluding carboxylic acids is 16. The lowest BCUT2D eigenvalue weighted by atomic mass is 9.91. The lowest BCUT2D eigenvalue weighted by Gasteiger charge is -2.35. The molecule has 606 valence electrons. The van der Waals surface area contributed by atoms with E-state index in [-0.39, 0.29) is 104 Å². The van der Waals surface area contributed by atoms with E-state index in [1.807, 2.05) is 0 Å². The van der Waals surface area contributed by atoms with Crippen LogP contribution in [0.4, 0.5) is 21.0 Å². The van der Waals surface area contributed by atoms with Crippen LogP contribution in [0, 0.1) is 11.8 Å². The first-order valence-corrected chi connectivity index (χ1v) is 36.9. The van der Waals surface area contributed by atoms with Gasteiger partial charge in [-0.1, -0.05) is 24.3 Å². The summed E-state index contributed by atoms with van der Waals surface area (Å²) in [4.78, 5) is 218. The molecule has 0 saturated heterocycles. The van der Waals surface area contributed by atoms with Crippen molar-refractivity contribution in [2.24, 2.45) is 11.8 Å². The van der Waals surface area contributed by atoms with Crippen LogP contribution in [0.5, 0.6) is 0 Å². The summed E-state index contributed by atoms with van der Waals surface area (Å²) in [6.45, 7) is 18.8. The van der Waals surface area contributed by atoms with Crippen LogP contribution in [-0.2, 0) is 109 Å². The Bertz CT molecular complexity index is 3350. The molecule has 0 aromatic heterocycles. The topological polar surface area (TPSA) is 448 Å². The van der Waals surface area contributed by atoms with Crippen LogP contribution >= 0.6 is 0 Å². The van der Waals surface area contributed by atoms with E-state index in [2.05, 4.69) is 31.9 Å². The highest BCUT2D eigenvalue weighted by atomic mass is 16.6. The summed E-state index contributed by atoms with van der Waals surface area (Å²) < 4.78 is 33.0. The number of rotatable bonds is 47. The number of unbranched alkanes of at least 4 members (excludes halogenated alkanes) is 2. The number of nitrogens with one attached hydrogen (secondary N) is 6. The van der Waals surface area contributed by atoms with Crippen LogP contribution in [0.15, 0.2) is 72.8 Å². The first kappa shape index (κ1) is 92.5. The lowest BCUT2D eigenvalue weighted by molar-refractivity contribution is -0.158. The minimum absolute atomic E-state index is 0.0322. The fourth-order valence-corrected chi connectivity index (χ4v) is 11.3. The predicted octanol–water partition coefficient (Wildman–Crippen LogP) is 6.32. The molecule has 0 saturated carbocycles. The number of benzene rings is 2. The van der Waals surface area contributed by atoms with Crippen molar-refractivity contribution in [3.63, 3.8) is 0 Å². The Morgan fingerprint density at radius 1 is 0.391 bits per heavy atom. The normalized spacial score (nSPS) is 14.7. The zero-order valence-electron chi connectivity index (χ0n) is 65.1. The van der Waals surface area contributed by atoms with Crippen molar-refractivity contribution in [1.29, 1.82) is 0 Å². The molecule has 4 rings (SSSR count). The van der Waals surface area contributed by atoms with Crippen molar-refractivity contribution in [2.75, 3.05) is 50.2 Å². The van der Waals surface area contributed by atoms with Gasteiger partial charge in [-0.15, -0.1) is 0 Å². The summed E-state index contributed by atoms with van der Waals surface area (Å²) in [7, 11) is 0. The van der Waals surface area contributed by atoms with Crippen LogP contribution in [0.2, 0.25) is 0 Å². The SMILES string of the molecule is CC(C)(C)OC(=O)C[C@H](CC(=O)[C@H](CCCCNC(=O)OC(C)(C)C)NC(=O)CCOCCCC(=O)C(C(C(=O)CCCOCCC(=O)N[C@@H](CCCCNC(=O)OC(C)(C)C)C(=O)C[C@@H](CC(=O)OC(C)(C)C)C(=O)Nc1ccc(CO)cc1)N1C(=O)C=CC1=O)N1C(=O)C=CC1=O)C(=O)Nc1ccc(CO)cc1. The van der Waals surface area contributed by atoms with Gasteiger partial charge in [-0.3, -0.25) is 76.9 Å². The number of imide groups is 2. The number of Topliss-reactive ketones (excluding diaryl/α,β-unsaturated/α-hetero) is 4. The van der Waals surface area contributed by atoms with Gasteiger partial charge < -0.3 is 70.5 Å². The molecule has 6 atom stereocenters. The molecule has 2 heterocycles. The maximum absolute atomic E-state index is 14.5. The van der Waals surface area contributed by atoms with E-state index in [4.69, 9.17) is 28.4 Å². The minimum atomic E-state index is -2.03. The van der Waals surface area contributed by atoms with Crippen LogP contribution in [0.25, 0.3) is 0 Å². The molecule has 2 aliphatic heterocycles. The number of ether oxygens (including phenoxy) is 6. The number of alkyl carbamates (subject to hydrolysis) is 2. The highest BCUT2D eigenvalue weighted by Crippen LogP contribution is 2.27. The number of nitrogens with zero attached hydrogens (tertiary/aromatic N) is 2. The second-order valence-electron chi connectivity index (χ2n) is 30.6. The third-order valence-corrected chi connectivity index (χ3v) is 16.3. The van der Waals surface area contributed by atoms with Crippen LogP contribution in [0.3, 0.4) is 0 Å². The third-order valence-electron chi connectivity index (χ3n) is 16.3. The van der Waals surface area contributed by atoms with Crippen molar-refractivity contribution in [2.45, 2.75) is 246 Å². The Hall–Kier alpha value is -9.92. The lowest BCUT2D eigenvalue weighted by Crippen LogP contribution is -2.61. The molecular formula is C78H110N8O24. The molecule has 2 unspecified atom stereocenters. The molecule has 0 spiro atoms. The summed E-state index contributed by atoms with van der Waals surface area (Å²) in [5.41, 5.74) is -1.63. The summed E-state index contributed by atoms with van der Waals surface area (Å²) in [5, 5.41) is 35.1. The number of carbonyl (C=O) groups is 16. The zero-order valence-corrected chi connectivity index (χ0v) is 65.1. The van der Waals surface area contributed by atoms with Gasteiger partial charge in [-0.2, -0.15) is 0 Å². The number of anilines is 2. The van der Waals surface area contributed by atoms with Crippen molar-refractivity contribution in [3.05, 3.63) is 84.0 Å². The second kappa shape index (κ2) is 44.7. The van der Waals surface area contributed by atoms with Crippen LogP contribution in [0.1, 0.15) is 197 Å². The largest absolute Gasteiger partial charge is 0.460 e. The monoisotopic (exact) mass is 1540 g/mol. The van der Waals surface area contributed by atoms with Gasteiger partial charge in [-0.25, -0.2) is 9.59 Å². The number of aliphatic hydroxyl groups is 2. The number of hydrogen-bond donors (Lipinski definition) is 8. The number of amides is 10. The summed E-state index contributed by atoms with van der Waals surface area (Å²) in [6, 6.07) is 5.98. The zero-order chi connectivity index (χ0) is 82.1. The Morgan fingerprint density at radius 2 is 0.709 bits per heavy atom. The molecule has 2 aromatic rings. The maximum atomic E-state index is 14.5. The number of ketones is 4. The fourth-order valence-electron chi connectivity index (χ4n) is 11.3. The van der Waals surface area contributed by atoms with Crippen molar-refractivity contribution >= 4 is 106 Å².